The maximum absolute atomic E-state index is 5.51. The number of rotatable bonds is 7. The number of nitrogens with one attached hydrogen (secondary N) is 2. The molecule has 1 heterocycles. The van der Waals surface area contributed by atoms with Crippen LogP contribution in [-0.2, 0) is 4.74 Å². The lowest BCUT2D eigenvalue weighted by Gasteiger charge is -2.28. The Morgan fingerprint density at radius 2 is 2.19 bits per heavy atom. The largest absolute Gasteiger partial charge is 0.380 e. The number of ether oxygens (including phenoxy) is 1. The monoisotopic (exact) mass is 228 g/mol. The first-order valence-electron chi connectivity index (χ1n) is 6.78. The van der Waals surface area contributed by atoms with Crippen LogP contribution in [0.15, 0.2) is 0 Å². The molecular formula is C13H28N2O. The predicted molar refractivity (Wildman–Crippen MR) is 68.8 cm³/mol. The second kappa shape index (κ2) is 8.04. The van der Waals surface area contributed by atoms with E-state index in [1.165, 1.54) is 25.8 Å². The van der Waals surface area contributed by atoms with E-state index in [-0.39, 0.29) is 0 Å². The molecule has 1 aliphatic heterocycles. The maximum atomic E-state index is 5.51. The molecule has 1 aliphatic rings. The SMILES string of the molecule is CCOCC(NCC1CCCCN1)C(C)C. The minimum absolute atomic E-state index is 0.490. The molecule has 1 fully saturated rings. The van der Waals surface area contributed by atoms with Crippen LogP contribution in [0.5, 0.6) is 0 Å². The topological polar surface area (TPSA) is 33.3 Å². The second-order valence-corrected chi connectivity index (χ2v) is 5.07. The molecule has 0 aliphatic carbocycles. The van der Waals surface area contributed by atoms with Gasteiger partial charge in [-0.25, -0.2) is 0 Å². The van der Waals surface area contributed by atoms with Crippen molar-refractivity contribution in [2.75, 3.05) is 26.3 Å². The molecule has 3 heteroatoms. The summed E-state index contributed by atoms with van der Waals surface area (Å²) in [5, 5.41) is 7.20. The van der Waals surface area contributed by atoms with Crippen LogP contribution in [0.25, 0.3) is 0 Å². The van der Waals surface area contributed by atoms with E-state index in [0.29, 0.717) is 18.0 Å². The maximum Gasteiger partial charge on any atom is 0.0621 e. The zero-order valence-corrected chi connectivity index (χ0v) is 11.1. The van der Waals surface area contributed by atoms with Crippen LogP contribution >= 0.6 is 0 Å². The fourth-order valence-electron chi connectivity index (χ4n) is 2.12. The van der Waals surface area contributed by atoms with E-state index < -0.39 is 0 Å². The molecule has 96 valence electrons. The van der Waals surface area contributed by atoms with Crippen LogP contribution in [0.2, 0.25) is 0 Å². The van der Waals surface area contributed by atoms with Crippen LogP contribution < -0.4 is 10.6 Å². The van der Waals surface area contributed by atoms with Crippen LogP contribution in [0, 0.1) is 5.92 Å². The first-order valence-corrected chi connectivity index (χ1v) is 6.78. The zero-order chi connectivity index (χ0) is 11.8. The van der Waals surface area contributed by atoms with Crippen LogP contribution in [0.1, 0.15) is 40.0 Å². The molecule has 1 saturated heterocycles. The van der Waals surface area contributed by atoms with Crippen molar-refractivity contribution in [2.45, 2.75) is 52.1 Å². The van der Waals surface area contributed by atoms with E-state index in [4.69, 9.17) is 4.74 Å². The number of piperidine rings is 1. The third kappa shape index (κ3) is 5.28. The fourth-order valence-corrected chi connectivity index (χ4v) is 2.12. The zero-order valence-electron chi connectivity index (χ0n) is 11.1. The lowest BCUT2D eigenvalue weighted by molar-refractivity contribution is 0.107. The number of hydrogen-bond acceptors (Lipinski definition) is 3. The Hall–Kier alpha value is -0.120. The average Bonchev–Trinajstić information content (AvgIpc) is 2.30. The Balaban J connectivity index is 2.19. The van der Waals surface area contributed by atoms with Crippen molar-refractivity contribution in [3.8, 4) is 0 Å². The van der Waals surface area contributed by atoms with Gasteiger partial charge in [0, 0.05) is 25.2 Å². The molecule has 2 atom stereocenters. The van der Waals surface area contributed by atoms with Crippen molar-refractivity contribution in [3.63, 3.8) is 0 Å². The summed E-state index contributed by atoms with van der Waals surface area (Å²) in [5.41, 5.74) is 0. The molecule has 0 amide bonds. The van der Waals surface area contributed by atoms with Gasteiger partial charge in [0.1, 0.15) is 0 Å². The van der Waals surface area contributed by atoms with Gasteiger partial charge in [-0.3, -0.25) is 0 Å². The van der Waals surface area contributed by atoms with Crippen molar-refractivity contribution in [1.29, 1.82) is 0 Å². The Labute approximate surface area is 100 Å². The van der Waals surface area contributed by atoms with E-state index in [1.54, 1.807) is 0 Å². The Morgan fingerprint density at radius 3 is 2.75 bits per heavy atom. The van der Waals surface area contributed by atoms with Crippen molar-refractivity contribution in [2.24, 2.45) is 5.92 Å². The van der Waals surface area contributed by atoms with Crippen molar-refractivity contribution < 1.29 is 4.74 Å². The summed E-state index contributed by atoms with van der Waals surface area (Å²) < 4.78 is 5.51. The van der Waals surface area contributed by atoms with Gasteiger partial charge in [0.25, 0.3) is 0 Å². The molecule has 0 saturated carbocycles. The third-order valence-corrected chi connectivity index (χ3v) is 3.35. The summed E-state index contributed by atoms with van der Waals surface area (Å²) in [4.78, 5) is 0. The van der Waals surface area contributed by atoms with E-state index in [9.17, 15) is 0 Å². The van der Waals surface area contributed by atoms with Gasteiger partial charge in [-0.15, -0.1) is 0 Å². The molecular weight excluding hydrogens is 200 g/mol. The lowest BCUT2D eigenvalue weighted by atomic mass is 10.0. The molecule has 0 aromatic carbocycles. The van der Waals surface area contributed by atoms with Gasteiger partial charge in [-0.1, -0.05) is 20.3 Å². The van der Waals surface area contributed by atoms with Gasteiger partial charge in [-0.2, -0.15) is 0 Å². The van der Waals surface area contributed by atoms with E-state index in [2.05, 4.69) is 31.4 Å². The highest BCUT2D eigenvalue weighted by Gasteiger charge is 2.17. The highest BCUT2D eigenvalue weighted by molar-refractivity contribution is 4.78. The first-order chi connectivity index (χ1) is 7.74. The summed E-state index contributed by atoms with van der Waals surface area (Å²) in [7, 11) is 0. The molecule has 3 nitrogen and oxygen atoms in total. The van der Waals surface area contributed by atoms with Gasteiger partial charge in [0.15, 0.2) is 0 Å². The van der Waals surface area contributed by atoms with Crippen molar-refractivity contribution >= 4 is 0 Å². The molecule has 0 spiro atoms. The standard InChI is InChI=1S/C13H28N2O/c1-4-16-10-13(11(2)3)15-9-12-7-5-6-8-14-12/h11-15H,4-10H2,1-3H3. The Bertz CT molecular complexity index is 167. The van der Waals surface area contributed by atoms with Crippen LogP contribution in [0.4, 0.5) is 0 Å². The highest BCUT2D eigenvalue weighted by atomic mass is 16.5. The predicted octanol–water partition coefficient (Wildman–Crippen LogP) is 1.78. The smallest absolute Gasteiger partial charge is 0.0621 e. The summed E-state index contributed by atoms with van der Waals surface area (Å²) >= 11 is 0. The highest BCUT2D eigenvalue weighted by Crippen LogP contribution is 2.08. The minimum Gasteiger partial charge on any atom is -0.380 e. The van der Waals surface area contributed by atoms with Gasteiger partial charge >= 0.3 is 0 Å². The van der Waals surface area contributed by atoms with E-state index in [0.717, 1.165) is 19.8 Å². The molecule has 2 unspecified atom stereocenters. The summed E-state index contributed by atoms with van der Waals surface area (Å²) in [6.45, 7) is 10.5. The quantitative estimate of drug-likeness (QED) is 0.697. The van der Waals surface area contributed by atoms with E-state index in [1.807, 2.05) is 0 Å². The third-order valence-electron chi connectivity index (χ3n) is 3.35. The lowest BCUT2D eigenvalue weighted by Crippen LogP contribution is -2.47. The fraction of sp³-hybridized carbons (Fsp3) is 1.00. The molecule has 0 aromatic rings. The normalized spacial score (nSPS) is 23.6. The van der Waals surface area contributed by atoms with Gasteiger partial charge < -0.3 is 15.4 Å². The van der Waals surface area contributed by atoms with Gasteiger partial charge in [0.05, 0.1) is 6.61 Å². The van der Waals surface area contributed by atoms with Crippen LogP contribution in [0.3, 0.4) is 0 Å². The van der Waals surface area contributed by atoms with Crippen LogP contribution in [-0.4, -0.2) is 38.4 Å². The summed E-state index contributed by atoms with van der Waals surface area (Å²) in [5.74, 6) is 0.634. The molecule has 16 heavy (non-hydrogen) atoms. The minimum atomic E-state index is 0.490. The van der Waals surface area contributed by atoms with Gasteiger partial charge in [0.2, 0.25) is 0 Å². The Kier molecular flexibility index (Phi) is 7.01. The Morgan fingerprint density at radius 1 is 1.38 bits per heavy atom. The molecule has 1 rings (SSSR count). The first kappa shape index (κ1) is 13.9. The molecule has 0 radical (unpaired) electrons. The van der Waals surface area contributed by atoms with E-state index >= 15 is 0 Å². The van der Waals surface area contributed by atoms with Gasteiger partial charge in [-0.05, 0) is 32.2 Å². The molecule has 2 N–H and O–H groups in total. The number of hydrogen-bond donors (Lipinski definition) is 2. The molecule has 0 bridgehead atoms. The summed E-state index contributed by atoms with van der Waals surface area (Å²) in [6.07, 6.45) is 4.02. The second-order valence-electron chi connectivity index (χ2n) is 5.07. The van der Waals surface area contributed by atoms with Crippen molar-refractivity contribution in [1.82, 2.24) is 10.6 Å². The average molecular weight is 228 g/mol. The molecule has 0 aromatic heterocycles. The van der Waals surface area contributed by atoms with Crippen molar-refractivity contribution in [3.05, 3.63) is 0 Å². The summed E-state index contributed by atoms with van der Waals surface area (Å²) in [6, 6.07) is 1.15.